The van der Waals surface area contributed by atoms with Gasteiger partial charge in [-0.1, -0.05) is 235 Å². The molecule has 1 unspecified atom stereocenters. The number of hydrogen-bond donors (Lipinski definition) is 7. The minimum Gasteiger partial charge on any atom is -0.381 e. The van der Waals surface area contributed by atoms with Gasteiger partial charge in [0.25, 0.3) is 0 Å². The minimum atomic E-state index is -3.03. The van der Waals surface area contributed by atoms with E-state index in [4.69, 9.17) is 9.47 Å². The number of carbonyl (C=O) groups is 6. The van der Waals surface area contributed by atoms with Gasteiger partial charge in [-0.3, -0.25) is 28.8 Å². The van der Waals surface area contributed by atoms with Crippen molar-refractivity contribution >= 4 is 45.5 Å². The molecule has 0 spiro atoms. The van der Waals surface area contributed by atoms with E-state index in [1.807, 2.05) is 146 Å². The molecule has 20 heteroatoms. The van der Waals surface area contributed by atoms with E-state index in [0.717, 1.165) is 63.6 Å². The lowest BCUT2D eigenvalue weighted by Crippen LogP contribution is -2.38. The second-order valence-electron chi connectivity index (χ2n) is 38.2. The van der Waals surface area contributed by atoms with Gasteiger partial charge in [0.1, 0.15) is 0 Å². The molecule has 0 bridgehead atoms. The Morgan fingerprint density at radius 1 is 0.384 bits per heavy atom. The molecule has 0 saturated heterocycles. The van der Waals surface area contributed by atoms with E-state index in [1.165, 1.54) is 32.2 Å². The van der Waals surface area contributed by atoms with Crippen molar-refractivity contribution in [2.45, 2.75) is 411 Å². The zero-order valence-electron chi connectivity index (χ0n) is 83.5. The molecule has 0 saturated carbocycles. The summed E-state index contributed by atoms with van der Waals surface area (Å²) in [7, 11) is 0.690. The zero-order valence-corrected chi connectivity index (χ0v) is 84.3. The molecule has 0 rings (SSSR count). The zero-order chi connectivity index (χ0) is 91.1. The summed E-state index contributed by atoms with van der Waals surface area (Å²) >= 11 is 0. The third-order valence-corrected chi connectivity index (χ3v) is 16.5. The fraction of sp³-hybridized carbons (Fsp3) is 0.935. The van der Waals surface area contributed by atoms with Crippen LogP contribution in [0, 0.1) is 88.8 Å². The van der Waals surface area contributed by atoms with Crippen molar-refractivity contribution in [1.29, 1.82) is 0 Å². The van der Waals surface area contributed by atoms with E-state index >= 15 is 0 Å². The van der Waals surface area contributed by atoms with Crippen molar-refractivity contribution in [2.24, 2.45) is 88.8 Å². The van der Waals surface area contributed by atoms with E-state index < -0.39 is 10.0 Å². The Balaban J connectivity index is -0.000000111. The molecule has 7 N–H and O–H groups in total. The predicted octanol–water partition coefficient (Wildman–Crippen LogP) is 20.6. The number of amides is 6. The Morgan fingerprint density at radius 3 is 1.10 bits per heavy atom. The molecule has 112 heavy (non-hydrogen) atoms. The van der Waals surface area contributed by atoms with E-state index in [2.05, 4.69) is 217 Å². The lowest BCUT2D eigenvalue weighted by Gasteiger charge is -2.22. The highest BCUT2D eigenvalue weighted by Gasteiger charge is 2.17. The molecule has 0 radical (unpaired) electrons. The second kappa shape index (κ2) is 84.0. The first-order valence-corrected chi connectivity index (χ1v) is 45.7. The molecule has 0 heterocycles. The first kappa shape index (κ1) is 132. The first-order valence-electron chi connectivity index (χ1n) is 44.1. The third kappa shape index (κ3) is 136. The maximum absolute atomic E-state index is 11.3. The molecule has 0 aromatic rings. The highest BCUT2D eigenvalue weighted by atomic mass is 32.2. The topological polar surface area (TPSA) is 246 Å². The Labute approximate surface area is 700 Å². The lowest BCUT2D eigenvalue weighted by atomic mass is 10.1. The van der Waals surface area contributed by atoms with Gasteiger partial charge in [-0.25, -0.2) is 13.1 Å². The van der Waals surface area contributed by atoms with Crippen LogP contribution in [0.3, 0.4) is 0 Å². The van der Waals surface area contributed by atoms with Crippen molar-refractivity contribution in [1.82, 2.24) is 46.4 Å². The van der Waals surface area contributed by atoms with Gasteiger partial charge < -0.3 is 51.2 Å². The van der Waals surface area contributed by atoms with Crippen LogP contribution in [0.5, 0.6) is 0 Å². The molecule has 682 valence electrons. The van der Waals surface area contributed by atoms with Gasteiger partial charge in [0.05, 0.1) is 11.9 Å². The van der Waals surface area contributed by atoms with Gasteiger partial charge in [-0.15, -0.1) is 0 Å². The summed E-state index contributed by atoms with van der Waals surface area (Å²) in [5, 5.41) is 18.3. The summed E-state index contributed by atoms with van der Waals surface area (Å²) in [4.78, 5) is 70.3. The number of ether oxygens (including phenoxy) is 2. The van der Waals surface area contributed by atoms with Crippen molar-refractivity contribution in [3.8, 4) is 0 Å². The van der Waals surface area contributed by atoms with Crippen LogP contribution in [-0.2, 0) is 48.3 Å². The molecule has 1 atom stereocenters. The summed E-state index contributed by atoms with van der Waals surface area (Å²) in [5.41, 5.74) is 0. The Bertz CT molecular complexity index is 2090. The number of rotatable bonds is 40. The lowest BCUT2D eigenvalue weighted by molar-refractivity contribution is -0.133. The number of sulfonamides is 1. The van der Waals surface area contributed by atoms with Crippen molar-refractivity contribution in [2.75, 3.05) is 65.8 Å². The molecule has 0 aromatic heterocycles. The summed E-state index contributed by atoms with van der Waals surface area (Å²) < 4.78 is 35.5. The van der Waals surface area contributed by atoms with Crippen molar-refractivity contribution < 1.29 is 46.7 Å². The Morgan fingerprint density at radius 2 is 0.795 bits per heavy atom. The van der Waals surface area contributed by atoms with Crippen LogP contribution in [0.4, 0.5) is 0 Å². The number of carbonyl (C=O) groups excluding carboxylic acids is 6. The SMILES string of the molecule is CC(C)C(=O)NC(C)C(C)C.CC(C)CC(=O)N(C)C(C)C.CC(C)CC(=O)NC(C)C.CC(C)CCC(=O)NC(C)C.CC(C)CCCNC(C)C.CC(C)CCNC(C)C.CC(C)CCOC(C)C.CC(C)CN(C)C(=O)C(C)C.CC(C)CNC(=O)C(C)C.CC(C)COCC(C)C.CC(C)CS(=O)(=O)NC(C)C. The third-order valence-electron chi connectivity index (χ3n) is 14.6. The molecular formula is C92H203N9O10S. The summed E-state index contributed by atoms with van der Waals surface area (Å²) in [6, 6.07) is 2.43. The smallest absolute Gasteiger partial charge is 0.224 e. The largest absolute Gasteiger partial charge is 0.381 e. The fourth-order valence-corrected chi connectivity index (χ4v) is 9.67. The standard InChI is InChI=1S/4C9H19NO.C9H21N.2C8H17NO.C8H19N.2C8H18O.C7H17NO2S/c1-7(2)6-10(5)9(11)8(3)4;1-7(2)6-9(11)10(5)8(3)4;1-7(2)5-6-9(11)10-8(3)4;1-6(2)8(5)10-9(11)7(3)4;1-8(2)6-5-7-10-9(3)4;1-6(2)5-9-8(10)7(3)4;1-6(2)5-8(10)9-7(3)4;1-7(2)5-6-9-8(3)4;1-7(2)5-9-6-8(3)4;1-7(2)5-6-9-8(3)4;1-6(2)5-11(9,10)8-7(3)4/h2*7-8H,6H2,1-5H3;7-8H,5-6H2,1-4H3,(H,10,11);6-8H,1-5H3,(H,10,11);8-10H,5-7H2,1-4H3;2*6-7H,5H2,1-4H3,(H,9,10);7-9H,5-6H2,1-4H3;2*7-8H,5-6H2,1-4H3;6-8H,5H2,1-4H3. The first-order chi connectivity index (χ1) is 50.8. The highest BCUT2D eigenvalue weighted by molar-refractivity contribution is 7.89. The molecule has 0 aromatic carbocycles. The van der Waals surface area contributed by atoms with Gasteiger partial charge in [-0.05, 0) is 192 Å². The highest BCUT2D eigenvalue weighted by Crippen LogP contribution is 2.09. The molecule has 0 aliphatic heterocycles. The average Bonchev–Trinajstić information content (AvgIpc) is 0.905. The molecule has 0 aliphatic carbocycles. The van der Waals surface area contributed by atoms with E-state index in [9.17, 15) is 37.2 Å². The minimum absolute atomic E-state index is 0.00116. The molecule has 19 nitrogen and oxygen atoms in total. The Hall–Kier alpha value is -3.43. The predicted molar refractivity (Wildman–Crippen MR) is 492 cm³/mol. The molecule has 0 fully saturated rings. The summed E-state index contributed by atoms with van der Waals surface area (Å²) in [6.07, 6.45) is 8.47. The van der Waals surface area contributed by atoms with Gasteiger partial charge in [0.2, 0.25) is 45.5 Å². The molecule has 6 amide bonds. The summed E-state index contributed by atoms with van der Waals surface area (Å²) in [6.45, 7) is 99.7. The van der Waals surface area contributed by atoms with Crippen molar-refractivity contribution in [3.63, 3.8) is 0 Å². The van der Waals surface area contributed by atoms with E-state index in [0.29, 0.717) is 90.8 Å². The fourth-order valence-electron chi connectivity index (χ4n) is 7.98. The van der Waals surface area contributed by atoms with Gasteiger partial charge >= 0.3 is 0 Å². The molecular weight excluding hydrogens is 1420 g/mol. The van der Waals surface area contributed by atoms with E-state index in [1.54, 1.807) is 9.80 Å². The van der Waals surface area contributed by atoms with Crippen LogP contribution in [0.1, 0.15) is 363 Å². The quantitative estimate of drug-likeness (QED) is 0.0283. The van der Waals surface area contributed by atoms with Gasteiger partial charge in [0, 0.05) is 126 Å². The van der Waals surface area contributed by atoms with Crippen LogP contribution < -0.4 is 36.6 Å². The van der Waals surface area contributed by atoms with Crippen LogP contribution in [0.15, 0.2) is 0 Å². The maximum atomic E-state index is 11.3. The number of nitrogens with zero attached hydrogens (tertiary/aromatic N) is 2. The van der Waals surface area contributed by atoms with Crippen LogP contribution >= 0.6 is 0 Å². The second-order valence-corrected chi connectivity index (χ2v) is 40.0. The maximum Gasteiger partial charge on any atom is 0.224 e. The average molecular weight is 1630 g/mol. The number of hydrogen-bond acceptors (Lipinski definition) is 12. The van der Waals surface area contributed by atoms with Crippen LogP contribution in [0.2, 0.25) is 0 Å². The van der Waals surface area contributed by atoms with Gasteiger partial charge in [0.15, 0.2) is 0 Å². The van der Waals surface area contributed by atoms with Crippen molar-refractivity contribution in [3.05, 3.63) is 0 Å². The number of nitrogens with one attached hydrogen (secondary N) is 7. The van der Waals surface area contributed by atoms with Crippen LogP contribution in [-0.4, -0.2) is 168 Å². The summed E-state index contributed by atoms with van der Waals surface area (Å²) in [5.74, 6) is 8.78. The van der Waals surface area contributed by atoms with Gasteiger partial charge in [-0.2, -0.15) is 0 Å². The normalized spacial score (nSPS) is 11.4. The molecule has 0 aliphatic rings. The van der Waals surface area contributed by atoms with E-state index in [-0.39, 0.29) is 89.0 Å². The Kier molecular flexibility index (Phi) is 99.0. The van der Waals surface area contributed by atoms with Crippen LogP contribution in [0.25, 0.3) is 0 Å². The monoisotopic (exact) mass is 1630 g/mol.